The quantitative estimate of drug-likeness (QED) is 0.388. The fourth-order valence-electron chi connectivity index (χ4n) is 2.96. The molecule has 4 rings (SSSR count). The summed E-state index contributed by atoms with van der Waals surface area (Å²) in [4.78, 5) is 25.0. The van der Waals surface area contributed by atoms with Crippen LogP contribution in [0.25, 0.3) is 21.9 Å². The summed E-state index contributed by atoms with van der Waals surface area (Å²) < 4.78 is 12.2. The largest absolute Gasteiger partial charge is 0.484 e. The third-order valence-corrected chi connectivity index (χ3v) is 5.30. The van der Waals surface area contributed by atoms with Gasteiger partial charge in [-0.2, -0.15) is 0 Å². The molecule has 0 saturated heterocycles. The predicted molar refractivity (Wildman–Crippen MR) is 118 cm³/mol. The Morgan fingerprint density at radius 1 is 1.10 bits per heavy atom. The van der Waals surface area contributed by atoms with Crippen molar-refractivity contribution >= 4 is 61.1 Å². The number of amides is 1. The highest BCUT2D eigenvalue weighted by atomic mass is 79.9. The molecule has 3 aromatic carbocycles. The van der Waals surface area contributed by atoms with Crippen LogP contribution in [-0.4, -0.2) is 12.5 Å². The van der Waals surface area contributed by atoms with E-state index < -0.39 is 0 Å². The van der Waals surface area contributed by atoms with Gasteiger partial charge in [0.05, 0.1) is 10.8 Å². The van der Waals surface area contributed by atoms with E-state index in [9.17, 15) is 9.59 Å². The van der Waals surface area contributed by atoms with Crippen molar-refractivity contribution < 1.29 is 13.9 Å². The molecule has 1 amide bonds. The predicted octanol–water partition coefficient (Wildman–Crippen LogP) is 5.69. The van der Waals surface area contributed by atoms with Gasteiger partial charge in [-0.1, -0.05) is 33.6 Å². The van der Waals surface area contributed by atoms with Crippen LogP contribution in [-0.2, 0) is 4.79 Å². The number of hydrogen-bond acceptors (Lipinski definition) is 4. The molecule has 0 fully saturated rings. The number of rotatable bonds is 4. The Kier molecular flexibility index (Phi) is 5.30. The molecule has 7 heteroatoms. The smallest absolute Gasteiger partial charge is 0.262 e. The Labute approximate surface area is 179 Å². The highest BCUT2D eigenvalue weighted by molar-refractivity contribution is 9.10. The van der Waals surface area contributed by atoms with Gasteiger partial charge in [-0.25, -0.2) is 0 Å². The van der Waals surface area contributed by atoms with Crippen LogP contribution in [0, 0.1) is 6.92 Å². The van der Waals surface area contributed by atoms with Crippen molar-refractivity contribution in [1.29, 1.82) is 0 Å². The van der Waals surface area contributed by atoms with Gasteiger partial charge in [0.25, 0.3) is 5.91 Å². The maximum atomic E-state index is 12.7. The van der Waals surface area contributed by atoms with Crippen LogP contribution >= 0.6 is 27.5 Å². The van der Waals surface area contributed by atoms with Crippen LogP contribution in [0.3, 0.4) is 0 Å². The SMILES string of the molecule is Cc1cc2oc3cc(NC(=O)COc4cccc(Br)c4)ccc3c(=O)c2cc1Cl. The molecule has 0 atom stereocenters. The van der Waals surface area contributed by atoms with Crippen molar-refractivity contribution in [3.63, 3.8) is 0 Å². The van der Waals surface area contributed by atoms with E-state index in [2.05, 4.69) is 21.2 Å². The highest BCUT2D eigenvalue weighted by Gasteiger charge is 2.12. The van der Waals surface area contributed by atoms with Crippen molar-refractivity contribution in [2.45, 2.75) is 6.92 Å². The molecule has 0 aliphatic heterocycles. The van der Waals surface area contributed by atoms with E-state index in [-0.39, 0.29) is 17.9 Å². The van der Waals surface area contributed by atoms with Gasteiger partial charge >= 0.3 is 0 Å². The van der Waals surface area contributed by atoms with Crippen LogP contribution in [0.2, 0.25) is 5.02 Å². The number of carbonyl (C=O) groups excluding carboxylic acids is 1. The van der Waals surface area contributed by atoms with E-state index in [4.69, 9.17) is 20.8 Å². The first-order chi connectivity index (χ1) is 13.9. The number of anilines is 1. The summed E-state index contributed by atoms with van der Waals surface area (Å²) in [6.45, 7) is 1.70. The zero-order valence-electron chi connectivity index (χ0n) is 15.3. The lowest BCUT2D eigenvalue weighted by Crippen LogP contribution is -2.20. The van der Waals surface area contributed by atoms with E-state index in [1.807, 2.05) is 19.1 Å². The summed E-state index contributed by atoms with van der Waals surface area (Å²) >= 11 is 9.49. The molecule has 0 radical (unpaired) electrons. The monoisotopic (exact) mass is 471 g/mol. The maximum absolute atomic E-state index is 12.7. The molecule has 5 nitrogen and oxygen atoms in total. The molecule has 1 aromatic heterocycles. The van der Waals surface area contributed by atoms with E-state index in [0.29, 0.717) is 38.4 Å². The summed E-state index contributed by atoms with van der Waals surface area (Å²) in [6.07, 6.45) is 0. The van der Waals surface area contributed by atoms with Crippen LogP contribution in [0.4, 0.5) is 5.69 Å². The average molecular weight is 473 g/mol. The molecule has 4 aromatic rings. The minimum atomic E-state index is -0.324. The van der Waals surface area contributed by atoms with Gasteiger partial charge in [-0.3, -0.25) is 9.59 Å². The Hall–Kier alpha value is -2.83. The Balaban J connectivity index is 1.58. The third-order valence-electron chi connectivity index (χ3n) is 4.40. The van der Waals surface area contributed by atoms with E-state index in [1.54, 1.807) is 42.5 Å². The summed E-state index contributed by atoms with van der Waals surface area (Å²) in [5.74, 6) is 0.259. The highest BCUT2D eigenvalue weighted by Crippen LogP contribution is 2.26. The van der Waals surface area contributed by atoms with Crippen molar-refractivity contribution in [3.05, 3.63) is 79.9 Å². The van der Waals surface area contributed by atoms with Gasteiger partial charge in [0, 0.05) is 21.2 Å². The molecule has 0 unspecified atom stereocenters. The first-order valence-electron chi connectivity index (χ1n) is 8.75. The summed E-state index contributed by atoms with van der Waals surface area (Å²) in [5, 5.41) is 4.10. The lowest BCUT2D eigenvalue weighted by molar-refractivity contribution is -0.118. The molecule has 1 heterocycles. The number of hydrogen-bond donors (Lipinski definition) is 1. The minimum absolute atomic E-state index is 0.145. The number of aryl methyl sites for hydroxylation is 1. The zero-order chi connectivity index (χ0) is 20.5. The molecule has 0 aliphatic carbocycles. The normalized spacial score (nSPS) is 11.0. The first-order valence-corrected chi connectivity index (χ1v) is 9.93. The lowest BCUT2D eigenvalue weighted by atomic mass is 10.1. The second-order valence-corrected chi connectivity index (χ2v) is 7.86. The van der Waals surface area contributed by atoms with Crippen LogP contribution in [0.15, 0.2) is 68.3 Å². The van der Waals surface area contributed by atoms with Gasteiger partial charge < -0.3 is 14.5 Å². The Morgan fingerprint density at radius 2 is 1.90 bits per heavy atom. The number of ether oxygens (including phenoxy) is 1. The van der Waals surface area contributed by atoms with Crippen molar-refractivity contribution in [1.82, 2.24) is 0 Å². The topological polar surface area (TPSA) is 68.5 Å². The number of carbonyl (C=O) groups is 1. The summed E-state index contributed by atoms with van der Waals surface area (Å²) in [6, 6.07) is 15.5. The van der Waals surface area contributed by atoms with E-state index in [1.165, 1.54) is 0 Å². The number of nitrogens with one attached hydrogen (secondary N) is 1. The summed E-state index contributed by atoms with van der Waals surface area (Å²) in [7, 11) is 0. The number of fused-ring (bicyclic) bond motifs is 2. The molecule has 0 saturated carbocycles. The second-order valence-electron chi connectivity index (χ2n) is 6.53. The molecule has 0 aliphatic rings. The molecule has 29 heavy (non-hydrogen) atoms. The Bertz CT molecular complexity index is 1320. The fourth-order valence-corrected chi connectivity index (χ4v) is 3.50. The lowest BCUT2D eigenvalue weighted by Gasteiger charge is -2.09. The Morgan fingerprint density at radius 3 is 2.69 bits per heavy atom. The van der Waals surface area contributed by atoms with Gasteiger partial charge in [-0.05, 0) is 55.0 Å². The van der Waals surface area contributed by atoms with E-state index >= 15 is 0 Å². The van der Waals surface area contributed by atoms with Crippen molar-refractivity contribution in [3.8, 4) is 5.75 Å². The summed E-state index contributed by atoms with van der Waals surface area (Å²) in [5.41, 5.74) is 1.99. The molecule has 146 valence electrons. The first kappa shape index (κ1) is 19.5. The minimum Gasteiger partial charge on any atom is -0.484 e. The van der Waals surface area contributed by atoms with Crippen molar-refractivity contribution in [2.24, 2.45) is 0 Å². The van der Waals surface area contributed by atoms with Crippen LogP contribution < -0.4 is 15.5 Å². The number of benzene rings is 3. The maximum Gasteiger partial charge on any atom is 0.262 e. The van der Waals surface area contributed by atoms with Gasteiger partial charge in [0.15, 0.2) is 6.61 Å². The number of halogens is 2. The van der Waals surface area contributed by atoms with Crippen molar-refractivity contribution in [2.75, 3.05) is 11.9 Å². The molecular formula is C22H15BrClNO4. The van der Waals surface area contributed by atoms with E-state index in [0.717, 1.165) is 10.0 Å². The molecule has 0 spiro atoms. The molecule has 1 N–H and O–H groups in total. The third kappa shape index (κ3) is 4.13. The molecular weight excluding hydrogens is 458 g/mol. The zero-order valence-corrected chi connectivity index (χ0v) is 17.6. The second kappa shape index (κ2) is 7.89. The van der Waals surface area contributed by atoms with Crippen LogP contribution in [0.5, 0.6) is 5.75 Å². The fraction of sp³-hybridized carbons (Fsp3) is 0.0909. The molecule has 0 bridgehead atoms. The van der Waals surface area contributed by atoms with Gasteiger partial charge in [-0.15, -0.1) is 0 Å². The average Bonchev–Trinajstić information content (AvgIpc) is 2.68. The standard InChI is InChI=1S/C22H15BrClNO4/c1-12-7-19-17(10-18(12)24)22(27)16-6-5-14(9-20(16)29-19)25-21(26)11-28-15-4-2-3-13(23)8-15/h2-10H,11H2,1H3,(H,25,26). The van der Waals surface area contributed by atoms with Crippen LogP contribution in [0.1, 0.15) is 5.56 Å². The van der Waals surface area contributed by atoms with Gasteiger partial charge in [0.2, 0.25) is 5.43 Å². The van der Waals surface area contributed by atoms with Gasteiger partial charge in [0.1, 0.15) is 16.9 Å².